The summed E-state index contributed by atoms with van der Waals surface area (Å²) < 4.78 is 30.7. The van der Waals surface area contributed by atoms with E-state index in [2.05, 4.69) is 4.72 Å². The van der Waals surface area contributed by atoms with Crippen molar-refractivity contribution in [1.29, 1.82) is 0 Å². The number of aromatic nitrogens is 1. The second kappa shape index (κ2) is 11.1. The Bertz CT molecular complexity index is 1640. The van der Waals surface area contributed by atoms with Gasteiger partial charge in [0.05, 0.1) is 11.4 Å². The number of nitrogens with one attached hydrogen (secondary N) is 1. The predicted molar refractivity (Wildman–Crippen MR) is 155 cm³/mol. The van der Waals surface area contributed by atoms with E-state index >= 15 is 0 Å². The van der Waals surface area contributed by atoms with Gasteiger partial charge in [0.1, 0.15) is 6.04 Å². The van der Waals surface area contributed by atoms with E-state index in [1.165, 1.54) is 17.0 Å². The maximum Gasteiger partial charge on any atom is 0.250 e. The number of benzene rings is 2. The summed E-state index contributed by atoms with van der Waals surface area (Å²) in [7, 11) is -3.95. The van der Waals surface area contributed by atoms with E-state index in [1.807, 2.05) is 22.8 Å². The molecule has 1 aromatic heterocycles. The number of rotatable bonds is 6. The molecule has 4 heterocycles. The first-order valence-electron chi connectivity index (χ1n) is 13.8. The molecular formula is C30H31ClN4O5S. The van der Waals surface area contributed by atoms with E-state index in [0.717, 1.165) is 23.2 Å². The lowest BCUT2D eigenvalue weighted by atomic mass is 9.83. The van der Waals surface area contributed by atoms with E-state index in [9.17, 15) is 22.8 Å². The van der Waals surface area contributed by atoms with Crippen LogP contribution in [0, 0.1) is 5.92 Å². The van der Waals surface area contributed by atoms with Crippen molar-refractivity contribution < 1.29 is 18.0 Å². The van der Waals surface area contributed by atoms with Gasteiger partial charge in [-0.3, -0.25) is 14.4 Å². The number of carbonyl (C=O) groups excluding carboxylic acids is 2. The van der Waals surface area contributed by atoms with Gasteiger partial charge >= 0.3 is 0 Å². The fourth-order valence-corrected chi connectivity index (χ4v) is 7.64. The molecule has 2 fully saturated rings. The summed E-state index contributed by atoms with van der Waals surface area (Å²) in [5.41, 5.74) is 2.69. The molecule has 3 aliphatic rings. The summed E-state index contributed by atoms with van der Waals surface area (Å²) in [6.07, 6.45) is 1.88. The second-order valence-corrected chi connectivity index (χ2v) is 13.3. The van der Waals surface area contributed by atoms with Gasteiger partial charge in [-0.2, -0.15) is 4.72 Å². The molecule has 11 heteroatoms. The highest BCUT2D eigenvalue weighted by Gasteiger charge is 2.38. The first kappa shape index (κ1) is 27.7. The van der Waals surface area contributed by atoms with Crippen molar-refractivity contribution in [2.75, 3.05) is 26.2 Å². The molecule has 2 saturated heterocycles. The van der Waals surface area contributed by atoms with E-state index < -0.39 is 16.1 Å². The van der Waals surface area contributed by atoms with Crippen LogP contribution in [-0.2, 0) is 26.2 Å². The fourth-order valence-electron chi connectivity index (χ4n) is 6.29. The van der Waals surface area contributed by atoms with Crippen LogP contribution in [0.15, 0.2) is 76.4 Å². The van der Waals surface area contributed by atoms with Crippen LogP contribution >= 0.6 is 11.6 Å². The molecule has 0 saturated carbocycles. The van der Waals surface area contributed by atoms with E-state index in [-0.39, 0.29) is 40.6 Å². The third kappa shape index (κ3) is 5.68. The first-order valence-corrected chi connectivity index (χ1v) is 15.7. The molecule has 41 heavy (non-hydrogen) atoms. The average molecular weight is 595 g/mol. The highest BCUT2D eigenvalue weighted by molar-refractivity contribution is 7.89. The van der Waals surface area contributed by atoms with Gasteiger partial charge in [0.2, 0.25) is 21.8 Å². The number of amides is 2. The van der Waals surface area contributed by atoms with Crippen molar-refractivity contribution in [2.24, 2.45) is 5.92 Å². The average Bonchev–Trinajstić information content (AvgIpc) is 2.96. The molecule has 3 aromatic rings. The maximum absolute atomic E-state index is 13.3. The fraction of sp³-hybridized carbons (Fsp3) is 0.367. The number of piperidine rings is 2. The summed E-state index contributed by atoms with van der Waals surface area (Å²) in [4.78, 5) is 42.2. The van der Waals surface area contributed by atoms with Gasteiger partial charge in [-0.15, -0.1) is 0 Å². The highest BCUT2D eigenvalue weighted by Crippen LogP contribution is 2.35. The van der Waals surface area contributed by atoms with Crippen LogP contribution in [0.1, 0.15) is 30.9 Å². The van der Waals surface area contributed by atoms with Crippen LogP contribution in [-0.4, -0.2) is 66.8 Å². The Kier molecular flexibility index (Phi) is 7.48. The summed E-state index contributed by atoms with van der Waals surface area (Å²) in [6, 6.07) is 18.1. The number of fused-ring (bicyclic) bond motifs is 4. The van der Waals surface area contributed by atoms with Crippen LogP contribution in [0.4, 0.5) is 0 Å². The number of halogens is 1. The standard InChI is InChI=1S/C30H31ClN4O5S/c31-24-10-6-21(7-11-24)22-8-12-25(13-9-22)41(39,40)32-26-3-2-14-33(30(26)38)19-29(37)34-16-20-15-23(18-34)27-4-1-5-28(36)35(27)17-20/h1,4-13,20,23,26,32H,2-3,14-19H2/t20-,23?,26+/m1/s1. The van der Waals surface area contributed by atoms with Gasteiger partial charge < -0.3 is 14.4 Å². The monoisotopic (exact) mass is 594 g/mol. The minimum Gasteiger partial charge on any atom is -0.340 e. The molecule has 2 amide bonds. The molecule has 1 N–H and O–H groups in total. The molecule has 3 atom stereocenters. The number of pyridine rings is 1. The van der Waals surface area contributed by atoms with E-state index in [1.54, 1.807) is 41.3 Å². The molecular weight excluding hydrogens is 564 g/mol. The quantitative estimate of drug-likeness (QED) is 0.472. The summed E-state index contributed by atoms with van der Waals surface area (Å²) >= 11 is 5.96. The minimum absolute atomic E-state index is 0.0121. The second-order valence-electron chi connectivity index (χ2n) is 11.1. The normalized spacial score (nSPS) is 22.4. The molecule has 2 bridgehead atoms. The Morgan fingerprint density at radius 2 is 1.63 bits per heavy atom. The molecule has 0 aliphatic carbocycles. The molecule has 214 valence electrons. The lowest BCUT2D eigenvalue weighted by Crippen LogP contribution is -2.56. The number of likely N-dealkylation sites (tertiary alicyclic amines) is 2. The van der Waals surface area contributed by atoms with Gasteiger partial charge in [-0.25, -0.2) is 8.42 Å². The SMILES string of the molecule is O=C(CN1CCC[C@H](NS(=O)(=O)c2ccc(-c3ccc(Cl)cc3)cc2)C1=O)N1CC2C[C@H](C1)Cn1c2cccc1=O. The zero-order valence-corrected chi connectivity index (χ0v) is 24.0. The molecule has 1 unspecified atom stereocenters. The van der Waals surface area contributed by atoms with Crippen molar-refractivity contribution in [3.63, 3.8) is 0 Å². The minimum atomic E-state index is -3.95. The van der Waals surface area contributed by atoms with Crippen molar-refractivity contribution in [3.05, 3.63) is 87.8 Å². The van der Waals surface area contributed by atoms with Gasteiger partial charge in [0.15, 0.2) is 0 Å². The van der Waals surface area contributed by atoms with Crippen LogP contribution in [0.5, 0.6) is 0 Å². The lowest BCUT2D eigenvalue weighted by Gasteiger charge is -2.43. The maximum atomic E-state index is 13.3. The smallest absolute Gasteiger partial charge is 0.250 e. The third-order valence-electron chi connectivity index (χ3n) is 8.33. The lowest BCUT2D eigenvalue weighted by molar-refractivity contribution is -0.144. The number of hydrogen-bond donors (Lipinski definition) is 1. The first-order chi connectivity index (χ1) is 19.7. The van der Waals surface area contributed by atoms with Gasteiger partial charge in [0, 0.05) is 48.9 Å². The number of hydrogen-bond acceptors (Lipinski definition) is 5. The number of sulfonamides is 1. The van der Waals surface area contributed by atoms with Crippen molar-refractivity contribution in [3.8, 4) is 11.1 Å². The molecule has 3 aliphatic heterocycles. The Morgan fingerprint density at radius 3 is 2.37 bits per heavy atom. The highest BCUT2D eigenvalue weighted by atomic mass is 35.5. The van der Waals surface area contributed by atoms with Crippen molar-refractivity contribution >= 4 is 33.4 Å². The van der Waals surface area contributed by atoms with Crippen LogP contribution in [0.3, 0.4) is 0 Å². The van der Waals surface area contributed by atoms with E-state index in [0.29, 0.717) is 44.0 Å². The van der Waals surface area contributed by atoms with Crippen LogP contribution < -0.4 is 10.3 Å². The van der Waals surface area contributed by atoms with E-state index in [4.69, 9.17) is 11.6 Å². The number of carbonyl (C=O) groups is 2. The summed E-state index contributed by atoms with van der Waals surface area (Å²) in [6.45, 7) is 1.94. The van der Waals surface area contributed by atoms with Crippen LogP contribution in [0.2, 0.25) is 5.02 Å². The van der Waals surface area contributed by atoms with Gasteiger partial charge in [-0.05, 0) is 66.6 Å². The third-order valence-corrected chi connectivity index (χ3v) is 10.1. The largest absolute Gasteiger partial charge is 0.340 e. The van der Waals surface area contributed by atoms with Gasteiger partial charge in [-0.1, -0.05) is 41.9 Å². The zero-order valence-electron chi connectivity index (χ0n) is 22.4. The predicted octanol–water partition coefficient (Wildman–Crippen LogP) is 3.08. The zero-order chi connectivity index (χ0) is 28.7. The van der Waals surface area contributed by atoms with Crippen molar-refractivity contribution in [2.45, 2.75) is 42.7 Å². The summed E-state index contributed by atoms with van der Waals surface area (Å²) in [5.74, 6) is -0.267. The Balaban J connectivity index is 1.09. The molecule has 0 radical (unpaired) electrons. The molecule has 9 nitrogen and oxygen atoms in total. The molecule has 0 spiro atoms. The summed E-state index contributed by atoms with van der Waals surface area (Å²) in [5, 5.41) is 0.618. The Morgan fingerprint density at radius 1 is 0.927 bits per heavy atom. The Labute approximate surface area is 243 Å². The topological polar surface area (TPSA) is 109 Å². The molecule has 6 rings (SSSR count). The van der Waals surface area contributed by atoms with Gasteiger partial charge in [0.25, 0.3) is 5.56 Å². The number of nitrogens with zero attached hydrogens (tertiary/aromatic N) is 3. The molecule has 2 aromatic carbocycles. The van der Waals surface area contributed by atoms with Crippen LogP contribution in [0.25, 0.3) is 11.1 Å². The van der Waals surface area contributed by atoms with Crippen molar-refractivity contribution in [1.82, 2.24) is 19.1 Å². The Hall–Kier alpha value is -3.47.